The highest BCUT2D eigenvalue weighted by molar-refractivity contribution is 5.97. The molecule has 2 aliphatic carbocycles. The average Bonchev–Trinajstić information content (AvgIpc) is 2.98. The van der Waals surface area contributed by atoms with E-state index in [9.17, 15) is 4.79 Å². The highest BCUT2D eigenvalue weighted by Gasteiger charge is 2.25. The van der Waals surface area contributed by atoms with Gasteiger partial charge in [-0.1, -0.05) is 51.2 Å². The fraction of sp³-hybridized carbons (Fsp3) is 0.480. The fourth-order valence-corrected chi connectivity index (χ4v) is 4.90. The molecule has 1 aliphatic heterocycles. The van der Waals surface area contributed by atoms with Crippen molar-refractivity contribution in [3.8, 4) is 0 Å². The van der Waals surface area contributed by atoms with E-state index in [4.69, 9.17) is 0 Å². The lowest BCUT2D eigenvalue weighted by atomic mass is 9.81. The molecule has 3 aliphatic rings. The van der Waals surface area contributed by atoms with Gasteiger partial charge in [0.25, 0.3) is 0 Å². The van der Waals surface area contributed by atoms with Crippen molar-refractivity contribution in [2.24, 2.45) is 11.8 Å². The van der Waals surface area contributed by atoms with Gasteiger partial charge in [-0.3, -0.25) is 4.79 Å². The molecule has 1 saturated carbocycles. The molecule has 0 spiro atoms. The number of carbonyl (C=O) groups is 1. The molecule has 29 heavy (non-hydrogen) atoms. The van der Waals surface area contributed by atoms with Crippen molar-refractivity contribution >= 4 is 11.5 Å². The summed E-state index contributed by atoms with van der Waals surface area (Å²) in [5, 5.41) is 3.58. The number of allylic oxidation sites excluding steroid dienone is 3. The van der Waals surface area contributed by atoms with Crippen LogP contribution >= 0.6 is 0 Å². The normalized spacial score (nSPS) is 23.1. The quantitative estimate of drug-likeness (QED) is 0.562. The van der Waals surface area contributed by atoms with E-state index < -0.39 is 0 Å². The Morgan fingerprint density at radius 1 is 1.17 bits per heavy atom. The third kappa shape index (κ3) is 4.64. The van der Waals surface area contributed by atoms with Gasteiger partial charge < -0.3 is 10.7 Å². The Hall–Kier alpha value is -2.33. The number of rotatable bonds is 6. The second kappa shape index (κ2) is 9.00. The first-order chi connectivity index (χ1) is 14.1. The summed E-state index contributed by atoms with van der Waals surface area (Å²) in [4.78, 5) is 12.9. The van der Waals surface area contributed by atoms with E-state index in [0.717, 1.165) is 35.7 Å². The van der Waals surface area contributed by atoms with Crippen molar-refractivity contribution in [1.82, 2.24) is 10.9 Å². The zero-order chi connectivity index (χ0) is 20.2. The first-order valence-electron chi connectivity index (χ1n) is 11.1. The summed E-state index contributed by atoms with van der Waals surface area (Å²) >= 11 is 0. The molecule has 1 aromatic carbocycles. The zero-order valence-corrected chi connectivity index (χ0v) is 17.6. The van der Waals surface area contributed by atoms with Gasteiger partial charge in [-0.2, -0.15) is 0 Å². The zero-order valence-electron chi connectivity index (χ0n) is 17.6. The first kappa shape index (κ1) is 20.0. The summed E-state index contributed by atoms with van der Waals surface area (Å²) in [6.45, 7) is 4.26. The van der Waals surface area contributed by atoms with Gasteiger partial charge in [-0.15, -0.1) is 0 Å². The molecule has 3 N–H and O–H groups in total. The van der Waals surface area contributed by atoms with Crippen LogP contribution in [0.4, 0.5) is 5.69 Å². The van der Waals surface area contributed by atoms with Crippen LogP contribution in [0.1, 0.15) is 69.2 Å². The van der Waals surface area contributed by atoms with E-state index in [1.165, 1.54) is 43.4 Å². The maximum Gasteiger partial charge on any atom is 0.165 e. The van der Waals surface area contributed by atoms with Crippen LogP contribution in [-0.2, 0) is 0 Å². The fourth-order valence-electron chi connectivity index (χ4n) is 4.90. The van der Waals surface area contributed by atoms with Crippen LogP contribution in [0.3, 0.4) is 0 Å². The molecule has 2 fully saturated rings. The highest BCUT2D eigenvalue weighted by Crippen LogP contribution is 2.31. The number of ketones is 1. The molecule has 0 bridgehead atoms. The molecule has 1 heterocycles. The van der Waals surface area contributed by atoms with Crippen LogP contribution in [0.5, 0.6) is 0 Å². The molecule has 0 radical (unpaired) electrons. The molecule has 0 amide bonds. The van der Waals surface area contributed by atoms with Crippen LogP contribution in [0.25, 0.3) is 0 Å². The number of hydrazine groups is 1. The maximum absolute atomic E-state index is 12.9. The van der Waals surface area contributed by atoms with Crippen LogP contribution in [0.15, 0.2) is 59.5 Å². The minimum Gasteiger partial charge on any atom is -0.358 e. The van der Waals surface area contributed by atoms with E-state index in [1.807, 2.05) is 24.3 Å². The molecule has 154 valence electrons. The maximum atomic E-state index is 12.9. The van der Waals surface area contributed by atoms with Gasteiger partial charge in [0.15, 0.2) is 5.78 Å². The van der Waals surface area contributed by atoms with Gasteiger partial charge in [0.1, 0.15) is 0 Å². The van der Waals surface area contributed by atoms with Gasteiger partial charge in [0, 0.05) is 34.9 Å². The predicted molar refractivity (Wildman–Crippen MR) is 119 cm³/mol. The molecular formula is C25H33N3O. The second-order valence-corrected chi connectivity index (χ2v) is 8.80. The van der Waals surface area contributed by atoms with Gasteiger partial charge >= 0.3 is 0 Å². The summed E-state index contributed by atoms with van der Waals surface area (Å²) in [5.74, 6) is 1.13. The van der Waals surface area contributed by atoms with Crippen LogP contribution in [0.2, 0.25) is 0 Å². The van der Waals surface area contributed by atoms with Crippen molar-refractivity contribution in [3.05, 3.63) is 65.0 Å². The SMILES string of the molecule is CC(CC1CCCCC1)C(=O)c1ccc(NC2=C3C(=CC=CC2)NNC3C)cc1. The molecule has 2 unspecified atom stereocenters. The Morgan fingerprint density at radius 3 is 2.69 bits per heavy atom. The number of hydrogen-bond donors (Lipinski definition) is 3. The Morgan fingerprint density at radius 2 is 1.93 bits per heavy atom. The number of Topliss-reactive ketones (excluding diaryl/α,β-unsaturated/α-hetero) is 1. The van der Waals surface area contributed by atoms with E-state index in [-0.39, 0.29) is 17.7 Å². The van der Waals surface area contributed by atoms with Crippen molar-refractivity contribution in [2.75, 3.05) is 5.32 Å². The molecule has 4 rings (SSSR count). The first-order valence-corrected chi connectivity index (χ1v) is 11.1. The third-order valence-electron chi connectivity index (χ3n) is 6.52. The molecule has 1 aromatic rings. The van der Waals surface area contributed by atoms with E-state index in [2.05, 4.69) is 48.2 Å². The lowest BCUT2D eigenvalue weighted by Crippen LogP contribution is -2.27. The van der Waals surface area contributed by atoms with E-state index in [0.29, 0.717) is 0 Å². The topological polar surface area (TPSA) is 53.2 Å². The largest absolute Gasteiger partial charge is 0.358 e. The van der Waals surface area contributed by atoms with Gasteiger partial charge in [0.05, 0.1) is 11.7 Å². The Bertz CT molecular complexity index is 828. The number of anilines is 1. The van der Waals surface area contributed by atoms with Crippen molar-refractivity contribution in [2.45, 2.75) is 64.8 Å². The number of hydrogen-bond acceptors (Lipinski definition) is 4. The Kier molecular flexibility index (Phi) is 6.19. The van der Waals surface area contributed by atoms with Gasteiger partial charge in [-0.05, 0) is 49.6 Å². The van der Waals surface area contributed by atoms with Crippen molar-refractivity contribution in [1.29, 1.82) is 0 Å². The van der Waals surface area contributed by atoms with Gasteiger partial charge in [0.2, 0.25) is 0 Å². The summed E-state index contributed by atoms with van der Waals surface area (Å²) < 4.78 is 0. The molecule has 2 atom stereocenters. The standard InChI is InChI=1S/C25H33N3O/c1-17(16-19-8-4-3-5-9-19)25(29)20-12-14-21(15-13-20)26-22-10-6-7-11-23-24(22)18(2)27-28-23/h6-7,11-15,17-19,26-28H,3-5,8-10,16H2,1-2H3. The minimum absolute atomic E-state index is 0.109. The molecule has 0 aromatic heterocycles. The van der Waals surface area contributed by atoms with Crippen LogP contribution in [0, 0.1) is 11.8 Å². The smallest absolute Gasteiger partial charge is 0.165 e. The molecule has 4 heteroatoms. The third-order valence-corrected chi connectivity index (χ3v) is 6.52. The number of fused-ring (bicyclic) bond motifs is 1. The predicted octanol–water partition coefficient (Wildman–Crippen LogP) is 5.48. The van der Waals surface area contributed by atoms with Crippen molar-refractivity contribution < 1.29 is 4.79 Å². The Balaban J connectivity index is 1.42. The summed E-state index contributed by atoms with van der Waals surface area (Å²) in [6, 6.07) is 8.28. The Labute approximate surface area is 174 Å². The van der Waals surface area contributed by atoms with Crippen LogP contribution < -0.4 is 16.2 Å². The highest BCUT2D eigenvalue weighted by atomic mass is 16.1. The summed E-state index contributed by atoms with van der Waals surface area (Å²) in [7, 11) is 0. The average molecular weight is 392 g/mol. The lowest BCUT2D eigenvalue weighted by molar-refractivity contribution is 0.0905. The monoisotopic (exact) mass is 391 g/mol. The number of benzene rings is 1. The molecule has 4 nitrogen and oxygen atoms in total. The molecular weight excluding hydrogens is 358 g/mol. The van der Waals surface area contributed by atoms with Gasteiger partial charge in [-0.25, -0.2) is 5.43 Å². The summed E-state index contributed by atoms with van der Waals surface area (Å²) in [5.41, 5.74) is 12.0. The molecule has 1 saturated heterocycles. The number of carbonyl (C=O) groups excluding carboxylic acids is 1. The minimum atomic E-state index is 0.109. The number of nitrogens with one attached hydrogen (secondary N) is 3. The second-order valence-electron chi connectivity index (χ2n) is 8.80. The lowest BCUT2D eigenvalue weighted by Gasteiger charge is -2.24. The van der Waals surface area contributed by atoms with Crippen LogP contribution in [-0.4, -0.2) is 11.8 Å². The van der Waals surface area contributed by atoms with Crippen molar-refractivity contribution in [3.63, 3.8) is 0 Å². The summed E-state index contributed by atoms with van der Waals surface area (Å²) in [6.07, 6.45) is 14.9. The van der Waals surface area contributed by atoms with E-state index >= 15 is 0 Å². The van der Waals surface area contributed by atoms with E-state index in [1.54, 1.807) is 0 Å².